The van der Waals surface area contributed by atoms with Gasteiger partial charge in [0.25, 0.3) is 11.8 Å². The van der Waals surface area contributed by atoms with Gasteiger partial charge in [0.15, 0.2) is 0 Å². The molecule has 1 N–H and O–H groups in total. The third kappa shape index (κ3) is 2.92. The van der Waals surface area contributed by atoms with Gasteiger partial charge in [-0.2, -0.15) is 0 Å². The number of benzene rings is 1. The Balaban J connectivity index is 1.26. The molecule has 1 aromatic carbocycles. The summed E-state index contributed by atoms with van der Waals surface area (Å²) in [7, 11) is 0. The highest BCUT2D eigenvalue weighted by molar-refractivity contribution is 6.21. The zero-order valence-corrected chi connectivity index (χ0v) is 20.4. The predicted molar refractivity (Wildman–Crippen MR) is 128 cm³/mol. The van der Waals surface area contributed by atoms with Crippen LogP contribution in [0.3, 0.4) is 0 Å². The lowest BCUT2D eigenvalue weighted by atomic mass is 9.44. The maximum absolute atomic E-state index is 13.2. The molecule has 1 aromatic rings. The number of hydrogen-bond donors (Lipinski definition) is 1. The van der Waals surface area contributed by atoms with Crippen LogP contribution in [0.1, 0.15) is 99.3 Å². The van der Waals surface area contributed by atoms with Crippen LogP contribution in [-0.4, -0.2) is 34.0 Å². The summed E-state index contributed by atoms with van der Waals surface area (Å²) in [5.74, 6) is 3.10. The van der Waals surface area contributed by atoms with Crippen LogP contribution in [-0.2, 0) is 0 Å². The van der Waals surface area contributed by atoms with Crippen molar-refractivity contribution in [2.75, 3.05) is 0 Å². The molecular weight excluding hydrogens is 410 g/mol. The molecule has 178 valence electrons. The minimum absolute atomic E-state index is 0.0549. The fraction of sp³-hybridized carbons (Fsp3) is 0.724. The molecule has 0 spiro atoms. The van der Waals surface area contributed by atoms with Crippen molar-refractivity contribution in [3.63, 3.8) is 0 Å². The second-order valence-corrected chi connectivity index (χ2v) is 12.6. The van der Waals surface area contributed by atoms with E-state index in [4.69, 9.17) is 0 Å². The highest BCUT2D eigenvalue weighted by atomic mass is 16.3. The summed E-state index contributed by atoms with van der Waals surface area (Å²) in [6.07, 6.45) is 10.5. The highest BCUT2D eigenvalue weighted by Gasteiger charge is 2.61. The van der Waals surface area contributed by atoms with E-state index >= 15 is 0 Å². The monoisotopic (exact) mass is 449 g/mol. The smallest absolute Gasteiger partial charge is 0.261 e. The van der Waals surface area contributed by atoms with Gasteiger partial charge in [-0.15, -0.1) is 0 Å². The van der Waals surface area contributed by atoms with Gasteiger partial charge < -0.3 is 5.11 Å². The van der Waals surface area contributed by atoms with Gasteiger partial charge in [0.2, 0.25) is 0 Å². The Hall–Kier alpha value is -1.68. The van der Waals surface area contributed by atoms with E-state index in [1.54, 1.807) is 17.0 Å². The average Bonchev–Trinajstić information content (AvgIpc) is 3.28. The topological polar surface area (TPSA) is 57.6 Å². The molecule has 33 heavy (non-hydrogen) atoms. The number of imide groups is 1. The number of rotatable bonds is 2. The predicted octanol–water partition coefficient (Wildman–Crippen LogP) is 5.69. The molecule has 0 aromatic heterocycles. The standard InChI is InChI=1S/C29H39NO3/c1-17(30-26(32)20-6-4-5-7-21(20)27(30)33)23-10-11-24-22-9-8-18-16-19(31)12-14-28(18,2)25(22)13-15-29(23,24)3/h4-7,17-19,22-25,31H,8-16H2,1-3H3/t17-,18+,19+,22+,23-,24+,25+,28+,29-/m1/s1. The first kappa shape index (κ1) is 21.8. The van der Waals surface area contributed by atoms with E-state index in [1.165, 1.54) is 38.5 Å². The van der Waals surface area contributed by atoms with Crippen LogP contribution < -0.4 is 0 Å². The Labute approximate surface area is 198 Å². The number of carbonyl (C=O) groups is 2. The molecule has 6 rings (SSSR count). The van der Waals surface area contributed by atoms with Crippen LogP contribution in [0, 0.1) is 40.4 Å². The molecule has 5 aliphatic rings. The summed E-state index contributed by atoms with van der Waals surface area (Å²) in [4.78, 5) is 28.0. The Morgan fingerprint density at radius 3 is 2.21 bits per heavy atom. The number of aliphatic hydroxyl groups is 1. The van der Waals surface area contributed by atoms with E-state index in [2.05, 4.69) is 20.8 Å². The molecule has 4 aliphatic carbocycles. The fourth-order valence-electron chi connectivity index (χ4n) is 9.83. The number of amides is 2. The molecule has 4 heteroatoms. The Bertz CT molecular complexity index is 954. The molecule has 4 fully saturated rings. The third-order valence-electron chi connectivity index (χ3n) is 11.5. The van der Waals surface area contributed by atoms with Crippen molar-refractivity contribution < 1.29 is 14.7 Å². The normalized spacial score (nSPS) is 45.3. The molecule has 0 radical (unpaired) electrons. The highest BCUT2D eigenvalue weighted by Crippen LogP contribution is 2.68. The largest absolute Gasteiger partial charge is 0.393 e. The maximum Gasteiger partial charge on any atom is 0.261 e. The van der Waals surface area contributed by atoms with Crippen LogP contribution in [0.5, 0.6) is 0 Å². The van der Waals surface area contributed by atoms with E-state index < -0.39 is 0 Å². The molecule has 1 heterocycles. The summed E-state index contributed by atoms with van der Waals surface area (Å²) >= 11 is 0. The van der Waals surface area contributed by atoms with E-state index in [0.717, 1.165) is 31.1 Å². The summed E-state index contributed by atoms with van der Waals surface area (Å²) in [6, 6.07) is 7.25. The summed E-state index contributed by atoms with van der Waals surface area (Å²) < 4.78 is 0. The van der Waals surface area contributed by atoms with Gasteiger partial charge in [0.1, 0.15) is 0 Å². The van der Waals surface area contributed by atoms with E-state index in [0.29, 0.717) is 34.3 Å². The van der Waals surface area contributed by atoms with Gasteiger partial charge in [0, 0.05) is 6.04 Å². The molecular formula is C29H39NO3. The number of hydrogen-bond acceptors (Lipinski definition) is 3. The Morgan fingerprint density at radius 2 is 1.52 bits per heavy atom. The molecule has 2 amide bonds. The molecule has 0 bridgehead atoms. The lowest BCUT2D eigenvalue weighted by Gasteiger charge is -2.61. The van der Waals surface area contributed by atoms with Crippen LogP contribution in [0.15, 0.2) is 24.3 Å². The SMILES string of the molecule is C[C@H]([C@H]1CC[C@H]2[C@@H]3CC[C@H]4C[C@@H](O)CC[C@]4(C)[C@H]3CC[C@]12C)N1C(=O)c2ccccc2C1=O. The minimum atomic E-state index is -0.0994. The average molecular weight is 450 g/mol. The first-order chi connectivity index (χ1) is 15.8. The first-order valence-electron chi connectivity index (χ1n) is 13.4. The van der Waals surface area contributed by atoms with Crippen LogP contribution >= 0.6 is 0 Å². The molecule has 4 nitrogen and oxygen atoms in total. The minimum Gasteiger partial charge on any atom is -0.393 e. The van der Waals surface area contributed by atoms with E-state index in [-0.39, 0.29) is 29.4 Å². The Kier molecular flexibility index (Phi) is 4.90. The zero-order chi connectivity index (χ0) is 23.1. The lowest BCUT2D eigenvalue weighted by Crippen LogP contribution is -2.55. The van der Waals surface area contributed by atoms with Crippen LogP contribution in [0.4, 0.5) is 0 Å². The summed E-state index contributed by atoms with van der Waals surface area (Å²) in [6.45, 7) is 7.16. The van der Waals surface area contributed by atoms with Crippen molar-refractivity contribution in [2.24, 2.45) is 40.4 Å². The molecule has 4 saturated carbocycles. The van der Waals surface area contributed by atoms with Crippen molar-refractivity contribution in [3.05, 3.63) is 35.4 Å². The summed E-state index contributed by atoms with van der Waals surface area (Å²) in [5, 5.41) is 10.3. The second kappa shape index (κ2) is 7.41. The number of fused-ring (bicyclic) bond motifs is 6. The lowest BCUT2D eigenvalue weighted by molar-refractivity contribution is -0.129. The molecule has 0 saturated heterocycles. The second-order valence-electron chi connectivity index (χ2n) is 12.6. The van der Waals surface area contributed by atoms with Crippen molar-refractivity contribution in [3.8, 4) is 0 Å². The van der Waals surface area contributed by atoms with Crippen molar-refractivity contribution >= 4 is 11.8 Å². The van der Waals surface area contributed by atoms with Gasteiger partial charge in [-0.1, -0.05) is 26.0 Å². The number of nitrogens with zero attached hydrogens (tertiary/aromatic N) is 1. The summed E-state index contributed by atoms with van der Waals surface area (Å²) in [5.41, 5.74) is 1.73. The van der Waals surface area contributed by atoms with Gasteiger partial charge in [-0.05, 0) is 117 Å². The number of aliphatic hydroxyl groups excluding tert-OH is 1. The quantitative estimate of drug-likeness (QED) is 0.590. The fourth-order valence-corrected chi connectivity index (χ4v) is 9.83. The molecule has 0 unspecified atom stereocenters. The maximum atomic E-state index is 13.2. The zero-order valence-electron chi connectivity index (χ0n) is 20.4. The van der Waals surface area contributed by atoms with Crippen molar-refractivity contribution in [2.45, 2.75) is 90.7 Å². The first-order valence-corrected chi connectivity index (χ1v) is 13.4. The van der Waals surface area contributed by atoms with Crippen LogP contribution in [0.2, 0.25) is 0 Å². The van der Waals surface area contributed by atoms with Gasteiger partial charge in [-0.3, -0.25) is 14.5 Å². The van der Waals surface area contributed by atoms with Crippen molar-refractivity contribution in [1.29, 1.82) is 0 Å². The van der Waals surface area contributed by atoms with Gasteiger partial charge >= 0.3 is 0 Å². The van der Waals surface area contributed by atoms with Gasteiger partial charge in [-0.25, -0.2) is 0 Å². The van der Waals surface area contributed by atoms with Crippen LogP contribution in [0.25, 0.3) is 0 Å². The van der Waals surface area contributed by atoms with E-state index in [9.17, 15) is 14.7 Å². The van der Waals surface area contributed by atoms with Gasteiger partial charge in [0.05, 0.1) is 17.2 Å². The van der Waals surface area contributed by atoms with Crippen molar-refractivity contribution in [1.82, 2.24) is 4.90 Å². The Morgan fingerprint density at radius 1 is 0.879 bits per heavy atom. The molecule has 9 atom stereocenters. The van der Waals surface area contributed by atoms with E-state index in [1.807, 2.05) is 12.1 Å². The number of carbonyl (C=O) groups excluding carboxylic acids is 2. The third-order valence-corrected chi connectivity index (χ3v) is 11.5. The molecule has 1 aliphatic heterocycles.